The summed E-state index contributed by atoms with van der Waals surface area (Å²) in [5.74, 6) is 0. The Kier molecular flexibility index (Phi) is 2.76. The molecule has 0 aliphatic heterocycles. The Balaban J connectivity index is 2.60. The third-order valence-electron chi connectivity index (χ3n) is 2.24. The van der Waals surface area contributed by atoms with E-state index < -0.39 is 0 Å². The van der Waals surface area contributed by atoms with Gasteiger partial charge in [0.25, 0.3) is 0 Å². The number of benzene rings is 1. The minimum absolute atomic E-state index is 0.512. The Labute approximate surface area is 89.7 Å². The van der Waals surface area contributed by atoms with E-state index in [-0.39, 0.29) is 0 Å². The van der Waals surface area contributed by atoms with Crippen molar-refractivity contribution in [3.63, 3.8) is 0 Å². The van der Waals surface area contributed by atoms with E-state index in [1.807, 2.05) is 11.3 Å². The zero-order valence-corrected chi connectivity index (χ0v) is 10.6. The maximum absolute atomic E-state index is 2.33. The predicted octanol–water partition coefficient (Wildman–Crippen LogP) is 3.46. The summed E-state index contributed by atoms with van der Waals surface area (Å²) in [6.45, 7) is 2.25. The number of rotatable bonds is 2. The van der Waals surface area contributed by atoms with Gasteiger partial charge in [0.2, 0.25) is 0 Å². The van der Waals surface area contributed by atoms with E-state index in [0.717, 1.165) is 0 Å². The van der Waals surface area contributed by atoms with Crippen LogP contribution < -0.4 is 0 Å². The number of thiophene rings is 1. The van der Waals surface area contributed by atoms with Crippen LogP contribution in [0.5, 0.6) is 0 Å². The fourth-order valence-corrected chi connectivity index (χ4v) is 4.77. The van der Waals surface area contributed by atoms with Crippen molar-refractivity contribution in [2.24, 2.45) is 0 Å². The SMILES string of the molecule is C[As]Cc1sc2ccccc2c1C. The normalized spacial score (nSPS) is 11.8. The molecular formula is C11H12AsS. The van der Waals surface area contributed by atoms with E-state index in [9.17, 15) is 0 Å². The average molecular weight is 251 g/mol. The molecule has 0 atom stereocenters. The van der Waals surface area contributed by atoms with E-state index >= 15 is 0 Å². The van der Waals surface area contributed by atoms with E-state index in [1.165, 1.54) is 20.9 Å². The summed E-state index contributed by atoms with van der Waals surface area (Å²) in [4.78, 5) is 1.60. The molecule has 0 aliphatic rings. The first-order chi connectivity index (χ1) is 6.33. The van der Waals surface area contributed by atoms with Gasteiger partial charge in [-0.05, 0) is 0 Å². The van der Waals surface area contributed by atoms with Crippen molar-refractivity contribution < 1.29 is 0 Å². The zero-order chi connectivity index (χ0) is 9.26. The third kappa shape index (κ3) is 1.68. The second-order valence-electron chi connectivity index (χ2n) is 3.12. The molecular weight excluding hydrogens is 239 g/mol. The van der Waals surface area contributed by atoms with E-state index in [4.69, 9.17) is 0 Å². The fourth-order valence-electron chi connectivity index (χ4n) is 1.52. The Morgan fingerprint density at radius 2 is 2.08 bits per heavy atom. The molecule has 1 aromatic heterocycles. The van der Waals surface area contributed by atoms with E-state index in [2.05, 4.69) is 36.9 Å². The van der Waals surface area contributed by atoms with Crippen molar-refractivity contribution in [1.29, 1.82) is 0 Å². The van der Waals surface area contributed by atoms with Crippen LogP contribution in [0.25, 0.3) is 10.1 Å². The third-order valence-corrected chi connectivity index (χ3v) is 5.31. The van der Waals surface area contributed by atoms with E-state index in [1.54, 1.807) is 4.88 Å². The summed E-state index contributed by atoms with van der Waals surface area (Å²) in [7, 11) is 0. The van der Waals surface area contributed by atoms with Gasteiger partial charge in [0.15, 0.2) is 0 Å². The second kappa shape index (κ2) is 3.86. The summed E-state index contributed by atoms with van der Waals surface area (Å²) in [5.41, 5.74) is 3.85. The molecule has 0 spiro atoms. The topological polar surface area (TPSA) is 0 Å². The van der Waals surface area contributed by atoms with Crippen molar-refractivity contribution in [3.05, 3.63) is 34.7 Å². The van der Waals surface area contributed by atoms with Gasteiger partial charge >= 0.3 is 89.7 Å². The van der Waals surface area contributed by atoms with Crippen LogP contribution in [-0.2, 0) is 5.21 Å². The van der Waals surface area contributed by atoms with Gasteiger partial charge in [0.1, 0.15) is 0 Å². The fraction of sp³-hybridized carbons (Fsp3) is 0.273. The number of fused-ring (bicyclic) bond motifs is 1. The summed E-state index contributed by atoms with van der Waals surface area (Å²) in [6.07, 6.45) is 0. The van der Waals surface area contributed by atoms with Crippen molar-refractivity contribution in [2.45, 2.75) is 17.8 Å². The molecule has 0 N–H and O–H groups in total. The number of hydrogen-bond donors (Lipinski definition) is 0. The van der Waals surface area contributed by atoms with Gasteiger partial charge in [-0.2, -0.15) is 0 Å². The molecule has 0 saturated carbocycles. The zero-order valence-electron chi connectivity index (χ0n) is 7.87. The molecule has 0 nitrogen and oxygen atoms in total. The first-order valence-corrected chi connectivity index (χ1v) is 8.37. The second-order valence-corrected chi connectivity index (χ2v) is 6.25. The molecule has 0 amide bonds. The Hall–Kier alpha value is -0.262. The van der Waals surface area contributed by atoms with Gasteiger partial charge in [0.05, 0.1) is 0 Å². The summed E-state index contributed by atoms with van der Waals surface area (Å²) >= 11 is 2.48. The molecule has 1 heterocycles. The summed E-state index contributed by atoms with van der Waals surface area (Å²) in [6, 6.07) is 8.71. The molecule has 0 saturated heterocycles. The standard InChI is InChI=1S/C11H12AsS/c1-8-9-5-3-4-6-10(9)13-11(8)7-12-2/h3-6H,7H2,1-2H3. The van der Waals surface area contributed by atoms with Crippen LogP contribution in [0.15, 0.2) is 24.3 Å². The van der Waals surface area contributed by atoms with E-state index in [0.29, 0.717) is 15.8 Å². The predicted molar refractivity (Wildman–Crippen MR) is 61.9 cm³/mol. The molecule has 0 unspecified atom stereocenters. The van der Waals surface area contributed by atoms with Crippen molar-refractivity contribution in [3.8, 4) is 0 Å². The minimum atomic E-state index is 0.512. The molecule has 2 rings (SSSR count). The van der Waals surface area contributed by atoms with Crippen LogP contribution in [0, 0.1) is 6.92 Å². The first kappa shape index (κ1) is 9.30. The van der Waals surface area contributed by atoms with Crippen LogP contribution in [0.1, 0.15) is 10.4 Å². The van der Waals surface area contributed by atoms with Gasteiger partial charge in [-0.25, -0.2) is 0 Å². The molecule has 0 aliphatic carbocycles. The molecule has 0 bridgehead atoms. The Morgan fingerprint density at radius 1 is 1.31 bits per heavy atom. The molecule has 0 fully saturated rings. The van der Waals surface area contributed by atoms with Gasteiger partial charge in [-0.3, -0.25) is 0 Å². The molecule has 2 heteroatoms. The first-order valence-electron chi connectivity index (χ1n) is 4.35. The van der Waals surface area contributed by atoms with Crippen LogP contribution >= 0.6 is 11.3 Å². The Morgan fingerprint density at radius 3 is 2.77 bits per heavy atom. The van der Waals surface area contributed by atoms with Crippen LogP contribution in [0.4, 0.5) is 0 Å². The van der Waals surface area contributed by atoms with Crippen LogP contribution in [0.3, 0.4) is 0 Å². The molecule has 13 heavy (non-hydrogen) atoms. The maximum atomic E-state index is 2.33. The van der Waals surface area contributed by atoms with Gasteiger partial charge in [-0.15, -0.1) is 0 Å². The van der Waals surface area contributed by atoms with Gasteiger partial charge in [0, 0.05) is 0 Å². The molecule has 1 radical (unpaired) electrons. The molecule has 1 aromatic carbocycles. The van der Waals surface area contributed by atoms with Crippen molar-refractivity contribution in [1.82, 2.24) is 0 Å². The van der Waals surface area contributed by atoms with Crippen molar-refractivity contribution in [2.75, 3.05) is 0 Å². The summed E-state index contributed by atoms with van der Waals surface area (Å²) in [5, 5.41) is 2.78. The Bertz CT molecular complexity index is 417. The molecule has 67 valence electrons. The monoisotopic (exact) mass is 251 g/mol. The molecule has 2 aromatic rings. The quantitative estimate of drug-likeness (QED) is 0.717. The number of aryl methyl sites for hydroxylation is 1. The number of hydrogen-bond acceptors (Lipinski definition) is 1. The van der Waals surface area contributed by atoms with Gasteiger partial charge in [-0.1, -0.05) is 0 Å². The van der Waals surface area contributed by atoms with Crippen LogP contribution in [-0.4, -0.2) is 15.8 Å². The summed E-state index contributed by atoms with van der Waals surface area (Å²) < 4.78 is 1.45. The van der Waals surface area contributed by atoms with Crippen LogP contribution in [0.2, 0.25) is 5.71 Å². The van der Waals surface area contributed by atoms with Crippen molar-refractivity contribution >= 4 is 37.2 Å². The average Bonchev–Trinajstić information content (AvgIpc) is 2.46. The van der Waals surface area contributed by atoms with Gasteiger partial charge < -0.3 is 0 Å².